The fourth-order valence-corrected chi connectivity index (χ4v) is 7.38. The van der Waals surface area contributed by atoms with E-state index < -0.39 is 7.82 Å². The van der Waals surface area contributed by atoms with Gasteiger partial charge in [0.15, 0.2) is 0 Å². The van der Waals surface area contributed by atoms with Gasteiger partial charge in [-0.05, 0) is 42.0 Å². The number of para-hydroxylation sites is 2. The van der Waals surface area contributed by atoms with Gasteiger partial charge in [-0.2, -0.15) is 4.57 Å². The van der Waals surface area contributed by atoms with Crippen molar-refractivity contribution < 1.29 is 22.9 Å². The second kappa shape index (κ2) is 8.48. The van der Waals surface area contributed by atoms with Crippen LogP contribution < -0.4 is 13.6 Å². The lowest BCUT2D eigenvalue weighted by Crippen LogP contribution is -2.75. The molecule has 4 aliphatic rings. The fraction of sp³-hybridized carbons (Fsp3) is 0.321. The molecule has 0 N–H and O–H groups in total. The van der Waals surface area contributed by atoms with E-state index in [1.807, 2.05) is 24.3 Å². The van der Waals surface area contributed by atoms with Crippen LogP contribution in [0, 0.1) is 10.8 Å². The molecule has 4 fully saturated rings. The van der Waals surface area contributed by atoms with Crippen molar-refractivity contribution >= 4 is 13.6 Å². The third-order valence-electron chi connectivity index (χ3n) is 7.31. The molecule has 4 saturated heterocycles. The first-order valence-electron chi connectivity index (χ1n) is 12.2. The summed E-state index contributed by atoms with van der Waals surface area (Å²) in [4.78, 5) is 17.8. The molecule has 7 nitrogen and oxygen atoms in total. The Morgan fingerprint density at radius 2 is 1.06 bits per heavy atom. The minimum atomic E-state index is -4.04. The maximum Gasteiger partial charge on any atom is 0.647 e. The van der Waals surface area contributed by atoms with Gasteiger partial charge in [0.25, 0.3) is 0 Å². The number of benzene rings is 3. The lowest BCUT2D eigenvalue weighted by molar-refractivity contribution is -0.197. The summed E-state index contributed by atoms with van der Waals surface area (Å²) in [5.41, 5.74) is 0.505. The quantitative estimate of drug-likeness (QED) is 0.391. The summed E-state index contributed by atoms with van der Waals surface area (Å²) in [6.07, 6.45) is 0.112. The molecule has 0 spiro atoms. The molecule has 0 atom stereocenters. The molecule has 0 aromatic heterocycles. The van der Waals surface area contributed by atoms with E-state index in [-0.39, 0.29) is 17.0 Å². The van der Waals surface area contributed by atoms with Gasteiger partial charge in [0.2, 0.25) is 0 Å². The molecule has 0 unspecified atom stereocenters. The Balaban J connectivity index is 1.23. The predicted molar refractivity (Wildman–Crippen MR) is 136 cm³/mol. The first-order valence-corrected chi connectivity index (χ1v) is 13.6. The van der Waals surface area contributed by atoms with Gasteiger partial charge in [0.1, 0.15) is 23.0 Å². The van der Waals surface area contributed by atoms with Crippen LogP contribution in [0.1, 0.15) is 25.6 Å². The van der Waals surface area contributed by atoms with Crippen LogP contribution in [0.5, 0.6) is 17.2 Å². The zero-order valence-corrected chi connectivity index (χ0v) is 21.3. The summed E-state index contributed by atoms with van der Waals surface area (Å²) in [5, 5.41) is 0. The summed E-state index contributed by atoms with van der Waals surface area (Å²) in [6, 6.07) is 25.3. The van der Waals surface area contributed by atoms with E-state index in [1.165, 1.54) is 0 Å². The van der Waals surface area contributed by atoms with E-state index in [2.05, 4.69) is 23.6 Å². The number of carbonyl (C=O) groups excluding carboxylic acids is 1. The number of carbonyl (C=O) groups is 1. The van der Waals surface area contributed by atoms with Gasteiger partial charge < -0.3 is 13.6 Å². The maximum absolute atomic E-state index is 13.7. The van der Waals surface area contributed by atoms with E-state index in [0.717, 1.165) is 31.7 Å². The highest BCUT2D eigenvalue weighted by atomic mass is 31.2. The van der Waals surface area contributed by atoms with Crippen molar-refractivity contribution in [3.05, 3.63) is 90.5 Å². The van der Waals surface area contributed by atoms with Crippen LogP contribution in [0.4, 0.5) is 0 Å². The second-order valence-electron chi connectivity index (χ2n) is 10.6. The molecule has 36 heavy (non-hydrogen) atoms. The number of phosphoric ester groups is 1. The van der Waals surface area contributed by atoms with Crippen molar-refractivity contribution in [1.82, 2.24) is 9.80 Å². The van der Waals surface area contributed by atoms with Gasteiger partial charge in [0, 0.05) is 26.2 Å². The summed E-state index contributed by atoms with van der Waals surface area (Å²) >= 11 is 0. The molecular formula is C28H29N2O5P. The van der Waals surface area contributed by atoms with Crippen LogP contribution >= 0.6 is 7.82 Å². The molecule has 4 bridgehead atoms. The van der Waals surface area contributed by atoms with Crippen molar-refractivity contribution in [2.24, 2.45) is 10.8 Å². The number of phosphoric acid groups is 1. The van der Waals surface area contributed by atoms with E-state index >= 15 is 0 Å². The van der Waals surface area contributed by atoms with E-state index in [4.69, 9.17) is 13.6 Å². The SMILES string of the molecule is CC12CN3CC(C)(CN(C1)C3c1ccc(OP(=O)(Oc3ccccc3)Oc3ccccc3)cc1)C2=O. The van der Waals surface area contributed by atoms with Crippen LogP contribution in [0.2, 0.25) is 0 Å². The maximum atomic E-state index is 13.7. The number of piperidine rings is 2. The van der Waals surface area contributed by atoms with Crippen LogP contribution in [-0.2, 0) is 9.36 Å². The number of nitrogens with zero attached hydrogens (tertiary/aromatic N) is 2. The monoisotopic (exact) mass is 504 g/mol. The van der Waals surface area contributed by atoms with Crippen LogP contribution in [0.15, 0.2) is 84.9 Å². The summed E-state index contributed by atoms with van der Waals surface area (Å²) in [6.45, 7) is 7.27. The van der Waals surface area contributed by atoms with Gasteiger partial charge in [0.05, 0.1) is 17.0 Å². The molecule has 0 amide bonds. The van der Waals surface area contributed by atoms with Crippen molar-refractivity contribution in [1.29, 1.82) is 0 Å². The zero-order valence-electron chi connectivity index (χ0n) is 20.4. The highest BCUT2D eigenvalue weighted by Gasteiger charge is 2.62. The minimum Gasteiger partial charge on any atom is -0.386 e. The summed E-state index contributed by atoms with van der Waals surface area (Å²) < 4.78 is 31.0. The molecule has 7 rings (SSSR count). The third kappa shape index (κ3) is 4.11. The topological polar surface area (TPSA) is 68.3 Å². The Bertz CT molecular complexity index is 1230. The van der Waals surface area contributed by atoms with E-state index in [0.29, 0.717) is 23.0 Å². The minimum absolute atomic E-state index is 0.112. The average Bonchev–Trinajstić information content (AvgIpc) is 2.84. The summed E-state index contributed by atoms with van der Waals surface area (Å²) in [7, 11) is -4.04. The predicted octanol–water partition coefficient (Wildman–Crippen LogP) is 5.56. The Morgan fingerprint density at radius 1 is 0.667 bits per heavy atom. The number of Topliss-reactive ketones (excluding diaryl/α,β-unsaturated/α-hetero) is 1. The molecule has 4 aliphatic heterocycles. The highest BCUT2D eigenvalue weighted by Crippen LogP contribution is 2.53. The second-order valence-corrected chi connectivity index (χ2v) is 12.0. The van der Waals surface area contributed by atoms with Gasteiger partial charge in [-0.25, -0.2) is 0 Å². The van der Waals surface area contributed by atoms with Crippen molar-refractivity contribution in [2.75, 3.05) is 26.2 Å². The van der Waals surface area contributed by atoms with E-state index in [1.54, 1.807) is 60.7 Å². The van der Waals surface area contributed by atoms with Crippen LogP contribution in [0.3, 0.4) is 0 Å². The third-order valence-corrected chi connectivity index (χ3v) is 8.62. The Hall–Kier alpha value is -3.12. The Morgan fingerprint density at radius 3 is 1.47 bits per heavy atom. The Labute approximate surface area is 211 Å². The van der Waals surface area contributed by atoms with Gasteiger partial charge in [-0.3, -0.25) is 14.6 Å². The highest BCUT2D eigenvalue weighted by molar-refractivity contribution is 7.49. The van der Waals surface area contributed by atoms with Gasteiger partial charge >= 0.3 is 7.82 Å². The van der Waals surface area contributed by atoms with Gasteiger partial charge in [-0.15, -0.1) is 0 Å². The van der Waals surface area contributed by atoms with Crippen LogP contribution in [0.25, 0.3) is 0 Å². The smallest absolute Gasteiger partial charge is 0.386 e. The molecular weight excluding hydrogens is 475 g/mol. The van der Waals surface area contributed by atoms with Crippen molar-refractivity contribution in [3.8, 4) is 17.2 Å². The lowest BCUT2D eigenvalue weighted by atomic mass is 9.62. The molecule has 0 aliphatic carbocycles. The molecule has 8 heteroatoms. The molecule has 4 heterocycles. The molecule has 0 saturated carbocycles. The molecule has 3 aromatic carbocycles. The summed E-state index contributed by atoms with van der Waals surface area (Å²) in [5.74, 6) is 1.56. The number of hydrogen-bond acceptors (Lipinski definition) is 7. The molecule has 186 valence electrons. The van der Waals surface area contributed by atoms with E-state index in [9.17, 15) is 9.36 Å². The van der Waals surface area contributed by atoms with Gasteiger partial charge in [-0.1, -0.05) is 62.4 Å². The Kier molecular flexibility index (Phi) is 5.48. The number of rotatable bonds is 7. The first-order chi connectivity index (χ1) is 17.3. The fourth-order valence-electron chi connectivity index (χ4n) is 6.13. The van der Waals surface area contributed by atoms with Crippen molar-refractivity contribution in [2.45, 2.75) is 20.0 Å². The largest absolute Gasteiger partial charge is 0.647 e. The average molecular weight is 505 g/mol. The first kappa shape index (κ1) is 23.3. The van der Waals surface area contributed by atoms with Crippen molar-refractivity contribution in [3.63, 3.8) is 0 Å². The standard InChI is InChI=1S/C28H29N2O5P/c1-27-17-29-19-28(2,26(27)31)20-30(18-27)25(29)21-13-15-24(16-14-21)35-36(32,33-22-9-5-3-6-10-22)34-23-11-7-4-8-12-23/h3-16,25H,17-20H2,1-2H3. The van der Waals surface area contributed by atoms with Crippen LogP contribution in [-0.4, -0.2) is 41.8 Å². The zero-order chi connectivity index (χ0) is 25.0. The number of ketones is 1. The molecule has 0 radical (unpaired) electrons. The number of hydrogen-bond donors (Lipinski definition) is 0. The molecule has 3 aromatic rings. The lowest BCUT2D eigenvalue weighted by Gasteiger charge is -2.64. The normalized spacial score (nSPS) is 30.7.